The van der Waals surface area contributed by atoms with Crippen molar-refractivity contribution in [2.24, 2.45) is 0 Å². The van der Waals surface area contributed by atoms with E-state index in [-0.39, 0.29) is 23.9 Å². The van der Waals surface area contributed by atoms with Gasteiger partial charge in [-0.1, -0.05) is 54.8 Å². The maximum Gasteiger partial charge on any atom is 0.335 e. The van der Waals surface area contributed by atoms with E-state index >= 15 is 0 Å². The number of aliphatic hydroxyl groups is 2. The number of rotatable bonds is 7. The zero-order valence-corrected chi connectivity index (χ0v) is 18.6. The molecule has 0 radical (unpaired) electrons. The lowest BCUT2D eigenvalue weighted by atomic mass is 10.2. The standard InChI is InChI=1S/C20H27NO5Si2/c1-27(2,12-22)17-9-15(10-18(11-17)28(3,4)13-23)19(24)21-16-7-5-14(6-8-16)20(25)26/h5-11,22-23H,12-13H2,1-4H3,(H,21,24)(H,25,26). The van der Waals surface area contributed by atoms with Crippen molar-refractivity contribution in [3.05, 3.63) is 53.6 Å². The predicted octanol–water partition coefficient (Wildman–Crippen LogP) is 1.53. The van der Waals surface area contributed by atoms with Crippen molar-refractivity contribution in [2.45, 2.75) is 26.2 Å². The van der Waals surface area contributed by atoms with Crippen LogP contribution in [0.5, 0.6) is 0 Å². The molecule has 2 aromatic rings. The van der Waals surface area contributed by atoms with Gasteiger partial charge >= 0.3 is 5.97 Å². The van der Waals surface area contributed by atoms with Crippen molar-refractivity contribution in [1.82, 2.24) is 0 Å². The number of carboxylic acids is 1. The molecule has 0 bridgehead atoms. The van der Waals surface area contributed by atoms with Crippen molar-refractivity contribution >= 4 is 44.1 Å². The van der Waals surface area contributed by atoms with Gasteiger partial charge in [0.05, 0.1) is 5.56 Å². The first-order valence-electron chi connectivity index (χ1n) is 9.02. The van der Waals surface area contributed by atoms with Gasteiger partial charge in [0, 0.05) is 23.7 Å². The maximum absolute atomic E-state index is 12.8. The fraction of sp³-hybridized carbons (Fsp3) is 0.300. The van der Waals surface area contributed by atoms with Crippen LogP contribution in [0, 0.1) is 0 Å². The summed E-state index contributed by atoms with van der Waals surface area (Å²) in [6.07, 6.45) is 0.130. The van der Waals surface area contributed by atoms with Crippen molar-refractivity contribution in [1.29, 1.82) is 0 Å². The number of carboxylic acid groups (broad SMARTS) is 1. The van der Waals surface area contributed by atoms with Crippen molar-refractivity contribution in [2.75, 3.05) is 17.8 Å². The summed E-state index contributed by atoms with van der Waals surface area (Å²) in [6, 6.07) is 11.6. The Labute approximate surface area is 166 Å². The Morgan fingerprint density at radius 3 is 1.68 bits per heavy atom. The molecule has 0 heterocycles. The maximum atomic E-state index is 12.8. The van der Waals surface area contributed by atoms with E-state index in [1.807, 2.05) is 44.4 Å². The first kappa shape index (κ1) is 22.0. The minimum absolute atomic E-state index is 0.0648. The van der Waals surface area contributed by atoms with Gasteiger partial charge in [-0.2, -0.15) is 0 Å². The van der Waals surface area contributed by atoms with E-state index in [0.29, 0.717) is 11.3 Å². The van der Waals surface area contributed by atoms with Crippen LogP contribution in [0.25, 0.3) is 0 Å². The van der Waals surface area contributed by atoms with E-state index in [0.717, 1.165) is 10.4 Å². The number of aliphatic hydroxyl groups excluding tert-OH is 2. The monoisotopic (exact) mass is 417 g/mol. The number of carbonyl (C=O) groups excluding carboxylic acids is 1. The van der Waals surface area contributed by atoms with Gasteiger partial charge in [0.25, 0.3) is 5.91 Å². The summed E-state index contributed by atoms with van der Waals surface area (Å²) in [7, 11) is -4.23. The summed E-state index contributed by atoms with van der Waals surface area (Å²) in [5.41, 5.74) is 1.12. The van der Waals surface area contributed by atoms with Gasteiger partial charge in [-0.3, -0.25) is 4.79 Å². The first-order chi connectivity index (χ1) is 13.0. The Balaban J connectivity index is 2.42. The number of nitrogens with one attached hydrogen (secondary N) is 1. The van der Waals surface area contributed by atoms with Crippen molar-refractivity contribution in [3.8, 4) is 0 Å². The molecule has 4 N–H and O–H groups in total. The van der Waals surface area contributed by atoms with E-state index in [2.05, 4.69) is 5.32 Å². The molecular weight excluding hydrogens is 390 g/mol. The lowest BCUT2D eigenvalue weighted by molar-refractivity contribution is 0.0696. The van der Waals surface area contributed by atoms with Crippen LogP contribution >= 0.6 is 0 Å². The number of aromatic carboxylic acids is 1. The highest BCUT2D eigenvalue weighted by molar-refractivity contribution is 6.92. The summed E-state index contributed by atoms with van der Waals surface area (Å²) in [5, 5.41) is 33.3. The fourth-order valence-electron chi connectivity index (χ4n) is 2.62. The topological polar surface area (TPSA) is 107 Å². The average molecular weight is 418 g/mol. The van der Waals surface area contributed by atoms with Crippen LogP contribution in [0.15, 0.2) is 42.5 Å². The summed E-state index contributed by atoms with van der Waals surface area (Å²) in [4.78, 5) is 23.8. The minimum Gasteiger partial charge on any atom is -0.478 e. The normalized spacial score (nSPS) is 11.9. The molecule has 0 aliphatic rings. The molecule has 0 unspecified atom stereocenters. The molecule has 8 heteroatoms. The van der Waals surface area contributed by atoms with E-state index in [9.17, 15) is 19.8 Å². The van der Waals surface area contributed by atoms with Crippen LogP contribution in [-0.2, 0) is 0 Å². The van der Waals surface area contributed by atoms with E-state index in [4.69, 9.17) is 5.11 Å². The van der Waals surface area contributed by atoms with Crippen LogP contribution in [0.3, 0.4) is 0 Å². The van der Waals surface area contributed by atoms with Crippen molar-refractivity contribution in [3.63, 3.8) is 0 Å². The summed E-state index contributed by atoms with van der Waals surface area (Å²) < 4.78 is 0. The molecule has 0 saturated heterocycles. The largest absolute Gasteiger partial charge is 0.478 e. The molecule has 0 fully saturated rings. The fourth-order valence-corrected chi connectivity index (χ4v) is 5.32. The Bertz CT molecular complexity index is 844. The van der Waals surface area contributed by atoms with Crippen LogP contribution < -0.4 is 15.7 Å². The molecule has 0 aliphatic heterocycles. The number of hydrogen-bond donors (Lipinski definition) is 4. The molecule has 0 atom stereocenters. The van der Waals surface area contributed by atoms with Gasteiger partial charge in [0.1, 0.15) is 16.1 Å². The van der Waals surface area contributed by atoms with Gasteiger partial charge in [-0.05, 0) is 24.3 Å². The van der Waals surface area contributed by atoms with Gasteiger partial charge in [0.15, 0.2) is 0 Å². The highest BCUT2D eigenvalue weighted by atomic mass is 28.3. The summed E-state index contributed by atoms with van der Waals surface area (Å²) in [5.74, 6) is -1.33. The van der Waals surface area contributed by atoms with E-state index in [1.54, 1.807) is 12.1 Å². The van der Waals surface area contributed by atoms with Crippen LogP contribution in [0.4, 0.5) is 5.69 Å². The third-order valence-electron chi connectivity index (χ3n) is 4.94. The Kier molecular flexibility index (Phi) is 6.61. The molecule has 0 saturated carbocycles. The van der Waals surface area contributed by atoms with E-state index in [1.165, 1.54) is 12.1 Å². The molecular formula is C20H27NO5Si2. The molecule has 2 aromatic carbocycles. The SMILES string of the molecule is C[Si](C)(CO)c1cc(C(=O)Nc2ccc(C(=O)O)cc2)cc([Si](C)(C)CO)c1. The predicted molar refractivity (Wildman–Crippen MR) is 116 cm³/mol. The molecule has 0 aromatic heterocycles. The van der Waals surface area contributed by atoms with Crippen LogP contribution in [0.1, 0.15) is 20.7 Å². The number of amides is 1. The number of anilines is 1. The summed E-state index contributed by atoms with van der Waals surface area (Å²) >= 11 is 0. The Morgan fingerprint density at radius 2 is 1.29 bits per heavy atom. The average Bonchev–Trinajstić information content (AvgIpc) is 2.67. The quantitative estimate of drug-likeness (QED) is 0.511. The Morgan fingerprint density at radius 1 is 0.821 bits per heavy atom. The molecule has 6 nitrogen and oxygen atoms in total. The van der Waals surface area contributed by atoms with Gasteiger partial charge in [0.2, 0.25) is 0 Å². The molecule has 28 heavy (non-hydrogen) atoms. The second-order valence-electron chi connectivity index (χ2n) is 8.22. The number of benzene rings is 2. The van der Waals surface area contributed by atoms with Gasteiger partial charge in [-0.25, -0.2) is 4.79 Å². The third-order valence-corrected chi connectivity index (χ3v) is 10.2. The summed E-state index contributed by atoms with van der Waals surface area (Å²) in [6.45, 7) is 8.13. The molecule has 2 rings (SSSR count). The van der Waals surface area contributed by atoms with E-state index < -0.39 is 22.1 Å². The third kappa shape index (κ3) is 4.96. The lowest BCUT2D eigenvalue weighted by Gasteiger charge is -2.26. The molecule has 0 aliphatic carbocycles. The lowest BCUT2D eigenvalue weighted by Crippen LogP contribution is -2.52. The highest BCUT2D eigenvalue weighted by Gasteiger charge is 2.29. The number of hydrogen-bond acceptors (Lipinski definition) is 4. The second kappa shape index (κ2) is 8.40. The smallest absolute Gasteiger partial charge is 0.335 e. The van der Waals surface area contributed by atoms with Gasteiger partial charge < -0.3 is 20.6 Å². The molecule has 150 valence electrons. The van der Waals surface area contributed by atoms with Gasteiger partial charge in [-0.15, -0.1) is 0 Å². The van der Waals surface area contributed by atoms with Crippen molar-refractivity contribution < 1.29 is 24.9 Å². The molecule has 1 amide bonds. The first-order valence-corrected chi connectivity index (χ1v) is 15.4. The zero-order valence-electron chi connectivity index (χ0n) is 16.6. The Hall–Kier alpha value is -2.27. The second-order valence-corrected chi connectivity index (χ2v) is 17.5. The molecule has 0 spiro atoms. The van der Waals surface area contributed by atoms with Crippen LogP contribution in [-0.4, -0.2) is 55.8 Å². The minimum atomic E-state index is -2.11. The zero-order chi connectivity index (χ0) is 21.1. The van der Waals surface area contributed by atoms with Crippen LogP contribution in [0.2, 0.25) is 26.2 Å². The number of carbonyl (C=O) groups is 2. The highest BCUT2D eigenvalue weighted by Crippen LogP contribution is 2.13.